The second-order valence-corrected chi connectivity index (χ2v) is 5.24. The van der Waals surface area contributed by atoms with Crippen LogP contribution >= 0.6 is 0 Å². The third kappa shape index (κ3) is 9.29. The molecule has 0 heterocycles. The zero-order valence-corrected chi connectivity index (χ0v) is 14.0. The standard InChI is InChI=1S/C17H24O6/c1-11(2)15(18)21-9-7-8-14(23-17(20)13(5)6)10-22-16(19)12(3)4/h14H,1,3,5,7-10H2,2,4,6H3. The Hall–Kier alpha value is -2.37. The van der Waals surface area contributed by atoms with Crippen molar-refractivity contribution in [3.63, 3.8) is 0 Å². The van der Waals surface area contributed by atoms with E-state index in [9.17, 15) is 14.4 Å². The maximum absolute atomic E-state index is 11.6. The summed E-state index contributed by atoms with van der Waals surface area (Å²) in [6.07, 6.45) is 0.162. The first-order valence-electron chi connectivity index (χ1n) is 7.16. The summed E-state index contributed by atoms with van der Waals surface area (Å²) in [7, 11) is 0. The van der Waals surface area contributed by atoms with E-state index in [1.165, 1.54) is 13.8 Å². The fourth-order valence-electron chi connectivity index (χ4n) is 1.32. The molecule has 6 heteroatoms. The third-order valence-corrected chi connectivity index (χ3v) is 2.62. The van der Waals surface area contributed by atoms with Crippen molar-refractivity contribution in [3.05, 3.63) is 36.5 Å². The van der Waals surface area contributed by atoms with Crippen LogP contribution in [0, 0.1) is 0 Å². The van der Waals surface area contributed by atoms with Gasteiger partial charge in [-0.25, -0.2) is 14.4 Å². The minimum absolute atomic E-state index is 0.0981. The van der Waals surface area contributed by atoms with Crippen molar-refractivity contribution < 1.29 is 28.6 Å². The number of hydrogen-bond donors (Lipinski definition) is 0. The molecule has 6 nitrogen and oxygen atoms in total. The molecular weight excluding hydrogens is 300 g/mol. The zero-order valence-electron chi connectivity index (χ0n) is 14.0. The molecule has 0 amide bonds. The Kier molecular flexibility index (Phi) is 9.30. The minimum Gasteiger partial charge on any atom is -0.462 e. The highest BCUT2D eigenvalue weighted by atomic mass is 16.6. The van der Waals surface area contributed by atoms with Crippen LogP contribution in [0.4, 0.5) is 0 Å². The Labute approximate surface area is 136 Å². The molecule has 0 saturated carbocycles. The SMILES string of the molecule is C=C(C)C(=O)OCCCC(COC(=O)C(=C)C)OC(=O)C(=C)C. The average Bonchev–Trinajstić information content (AvgIpc) is 2.47. The van der Waals surface area contributed by atoms with Gasteiger partial charge in [0.05, 0.1) is 6.61 Å². The predicted molar refractivity (Wildman–Crippen MR) is 85.5 cm³/mol. The van der Waals surface area contributed by atoms with Crippen molar-refractivity contribution >= 4 is 17.9 Å². The number of ether oxygens (including phenoxy) is 3. The Balaban J connectivity index is 4.42. The molecule has 0 aliphatic carbocycles. The normalized spacial score (nSPS) is 11.1. The number of carbonyl (C=O) groups excluding carboxylic acids is 3. The molecule has 0 saturated heterocycles. The molecule has 0 bridgehead atoms. The van der Waals surface area contributed by atoms with Gasteiger partial charge in [0.1, 0.15) is 12.7 Å². The van der Waals surface area contributed by atoms with Crippen LogP contribution in [0.5, 0.6) is 0 Å². The van der Waals surface area contributed by atoms with Crippen LogP contribution in [-0.2, 0) is 28.6 Å². The van der Waals surface area contributed by atoms with E-state index in [1.54, 1.807) is 6.92 Å². The number of rotatable bonds is 10. The van der Waals surface area contributed by atoms with Gasteiger partial charge in [0.2, 0.25) is 0 Å². The van der Waals surface area contributed by atoms with Gasteiger partial charge >= 0.3 is 17.9 Å². The molecule has 0 aromatic carbocycles. The van der Waals surface area contributed by atoms with E-state index >= 15 is 0 Å². The molecule has 0 aromatic rings. The number of esters is 3. The van der Waals surface area contributed by atoms with Crippen molar-refractivity contribution in [1.82, 2.24) is 0 Å². The van der Waals surface area contributed by atoms with Crippen LogP contribution in [0.3, 0.4) is 0 Å². The van der Waals surface area contributed by atoms with Crippen LogP contribution in [0.2, 0.25) is 0 Å². The van der Waals surface area contributed by atoms with Crippen LogP contribution < -0.4 is 0 Å². The summed E-state index contributed by atoms with van der Waals surface area (Å²) >= 11 is 0. The molecule has 0 fully saturated rings. The first kappa shape index (κ1) is 20.6. The monoisotopic (exact) mass is 324 g/mol. The molecule has 0 aliphatic heterocycles. The van der Waals surface area contributed by atoms with Crippen molar-refractivity contribution in [2.24, 2.45) is 0 Å². The van der Waals surface area contributed by atoms with Crippen molar-refractivity contribution in [1.29, 1.82) is 0 Å². The molecule has 0 aromatic heterocycles. The summed E-state index contributed by atoms with van der Waals surface area (Å²) < 4.78 is 15.1. The van der Waals surface area contributed by atoms with Gasteiger partial charge in [-0.1, -0.05) is 19.7 Å². The van der Waals surface area contributed by atoms with E-state index in [4.69, 9.17) is 14.2 Å². The topological polar surface area (TPSA) is 78.9 Å². The Morgan fingerprint density at radius 3 is 1.78 bits per heavy atom. The van der Waals surface area contributed by atoms with Gasteiger partial charge in [-0.3, -0.25) is 0 Å². The summed E-state index contributed by atoms with van der Waals surface area (Å²) in [5.74, 6) is -1.61. The lowest BCUT2D eigenvalue weighted by atomic mass is 10.2. The lowest BCUT2D eigenvalue weighted by molar-refractivity contribution is -0.154. The first-order chi connectivity index (χ1) is 10.6. The second kappa shape index (κ2) is 10.4. The van der Waals surface area contributed by atoms with E-state index in [1.807, 2.05) is 0 Å². The van der Waals surface area contributed by atoms with Crippen molar-refractivity contribution in [2.45, 2.75) is 39.7 Å². The summed E-state index contributed by atoms with van der Waals surface area (Å²) in [6.45, 7) is 15.1. The second-order valence-electron chi connectivity index (χ2n) is 5.24. The Bertz CT molecular complexity index is 503. The molecule has 1 unspecified atom stereocenters. The van der Waals surface area contributed by atoms with Gasteiger partial charge in [0.15, 0.2) is 0 Å². The van der Waals surface area contributed by atoms with Crippen molar-refractivity contribution in [2.75, 3.05) is 13.2 Å². The largest absolute Gasteiger partial charge is 0.462 e. The quantitative estimate of drug-likeness (QED) is 0.266. The van der Waals surface area contributed by atoms with Crippen LogP contribution in [0.25, 0.3) is 0 Å². The molecule has 0 radical (unpaired) electrons. The van der Waals surface area contributed by atoms with E-state index in [-0.39, 0.29) is 24.4 Å². The average molecular weight is 324 g/mol. The first-order valence-corrected chi connectivity index (χ1v) is 7.16. The maximum Gasteiger partial charge on any atom is 0.333 e. The zero-order chi connectivity index (χ0) is 18.0. The van der Waals surface area contributed by atoms with Gasteiger partial charge in [0.25, 0.3) is 0 Å². The fourth-order valence-corrected chi connectivity index (χ4v) is 1.32. The van der Waals surface area contributed by atoms with Gasteiger partial charge in [-0.15, -0.1) is 0 Å². The molecule has 0 spiro atoms. The number of carbonyl (C=O) groups is 3. The molecule has 0 aliphatic rings. The smallest absolute Gasteiger partial charge is 0.333 e. The fraction of sp³-hybridized carbons (Fsp3) is 0.471. The summed E-state index contributed by atoms with van der Waals surface area (Å²) in [6, 6.07) is 0. The Morgan fingerprint density at radius 2 is 1.30 bits per heavy atom. The van der Waals surface area contributed by atoms with E-state index in [2.05, 4.69) is 19.7 Å². The van der Waals surface area contributed by atoms with Crippen LogP contribution in [0.1, 0.15) is 33.6 Å². The summed E-state index contributed by atoms with van der Waals surface area (Å²) in [5.41, 5.74) is 0.811. The lowest BCUT2D eigenvalue weighted by Crippen LogP contribution is -2.26. The van der Waals surface area contributed by atoms with E-state index in [0.29, 0.717) is 18.4 Å². The highest BCUT2D eigenvalue weighted by Crippen LogP contribution is 2.09. The molecule has 23 heavy (non-hydrogen) atoms. The van der Waals surface area contributed by atoms with Crippen LogP contribution in [0.15, 0.2) is 36.5 Å². The molecular formula is C17H24O6. The van der Waals surface area contributed by atoms with Gasteiger partial charge < -0.3 is 14.2 Å². The summed E-state index contributed by atoms with van der Waals surface area (Å²) in [4.78, 5) is 34.2. The molecule has 128 valence electrons. The molecule has 0 N–H and O–H groups in total. The maximum atomic E-state index is 11.6. The predicted octanol–water partition coefficient (Wildman–Crippen LogP) is 2.49. The number of hydrogen-bond acceptors (Lipinski definition) is 6. The highest BCUT2D eigenvalue weighted by Gasteiger charge is 2.18. The third-order valence-electron chi connectivity index (χ3n) is 2.62. The summed E-state index contributed by atoms with van der Waals surface area (Å²) in [5, 5.41) is 0. The Morgan fingerprint density at radius 1 is 0.826 bits per heavy atom. The van der Waals surface area contributed by atoms with Crippen molar-refractivity contribution in [3.8, 4) is 0 Å². The molecule has 0 rings (SSSR count). The van der Waals surface area contributed by atoms with Gasteiger partial charge in [-0.05, 0) is 33.6 Å². The molecule has 1 atom stereocenters. The van der Waals surface area contributed by atoms with Gasteiger partial charge in [-0.2, -0.15) is 0 Å². The van der Waals surface area contributed by atoms with E-state index in [0.717, 1.165) is 0 Å². The minimum atomic E-state index is -0.647. The van der Waals surface area contributed by atoms with Gasteiger partial charge in [0, 0.05) is 16.7 Å². The van der Waals surface area contributed by atoms with Crippen LogP contribution in [-0.4, -0.2) is 37.2 Å². The highest BCUT2D eigenvalue weighted by molar-refractivity contribution is 5.88. The van der Waals surface area contributed by atoms with E-state index < -0.39 is 24.0 Å². The lowest BCUT2D eigenvalue weighted by Gasteiger charge is -2.18.